The van der Waals surface area contributed by atoms with E-state index < -0.39 is 0 Å². The van der Waals surface area contributed by atoms with Crippen LogP contribution in [-0.2, 0) is 0 Å². The van der Waals surface area contributed by atoms with Crippen LogP contribution in [0.4, 0.5) is 11.8 Å². The highest BCUT2D eigenvalue weighted by atomic mass is 15.4. The van der Waals surface area contributed by atoms with Gasteiger partial charge in [-0.1, -0.05) is 6.92 Å². The molecule has 0 bridgehead atoms. The summed E-state index contributed by atoms with van der Waals surface area (Å²) in [6.07, 6.45) is 9.38. The van der Waals surface area contributed by atoms with E-state index in [2.05, 4.69) is 26.9 Å². The van der Waals surface area contributed by atoms with Crippen LogP contribution in [0.1, 0.15) is 45.4 Å². The molecule has 0 aliphatic carbocycles. The molecule has 2 fully saturated rings. The molecule has 3 heterocycles. The van der Waals surface area contributed by atoms with E-state index in [0.717, 1.165) is 31.4 Å². The van der Waals surface area contributed by atoms with E-state index in [1.807, 2.05) is 6.20 Å². The standard InChI is InChI=1S/C14H23N5/c1-2-12-7-3-4-10-19(12)13-11-15-17-14(16-13)18-8-5-6-9-18/h11-12H,2-10H2,1H3. The summed E-state index contributed by atoms with van der Waals surface area (Å²) in [5.41, 5.74) is 0. The lowest BCUT2D eigenvalue weighted by Gasteiger charge is -2.36. The molecule has 1 unspecified atom stereocenters. The lowest BCUT2D eigenvalue weighted by atomic mass is 10.0. The highest BCUT2D eigenvalue weighted by Crippen LogP contribution is 2.25. The molecule has 2 aliphatic heterocycles. The van der Waals surface area contributed by atoms with Crippen molar-refractivity contribution >= 4 is 11.8 Å². The van der Waals surface area contributed by atoms with E-state index in [0.29, 0.717) is 6.04 Å². The fraction of sp³-hybridized carbons (Fsp3) is 0.786. The van der Waals surface area contributed by atoms with E-state index in [-0.39, 0.29) is 0 Å². The van der Waals surface area contributed by atoms with Crippen LogP contribution in [0.15, 0.2) is 6.20 Å². The largest absolute Gasteiger partial charge is 0.352 e. The zero-order chi connectivity index (χ0) is 13.1. The van der Waals surface area contributed by atoms with Crippen molar-refractivity contribution in [1.82, 2.24) is 15.2 Å². The van der Waals surface area contributed by atoms with Gasteiger partial charge in [-0.15, -0.1) is 5.10 Å². The summed E-state index contributed by atoms with van der Waals surface area (Å²) in [6.45, 7) is 5.51. The summed E-state index contributed by atoms with van der Waals surface area (Å²) >= 11 is 0. The van der Waals surface area contributed by atoms with Crippen molar-refractivity contribution in [2.45, 2.75) is 51.5 Å². The number of piperidine rings is 1. The molecule has 104 valence electrons. The molecule has 0 N–H and O–H groups in total. The molecule has 5 nitrogen and oxygen atoms in total. The predicted octanol–water partition coefficient (Wildman–Crippen LogP) is 2.24. The molecular formula is C14H23N5. The minimum Gasteiger partial charge on any atom is -0.352 e. The van der Waals surface area contributed by atoms with Crippen LogP contribution in [0, 0.1) is 0 Å². The molecule has 0 saturated carbocycles. The lowest BCUT2D eigenvalue weighted by molar-refractivity contribution is 0.446. The van der Waals surface area contributed by atoms with Gasteiger partial charge in [0.05, 0.1) is 6.20 Å². The minimum absolute atomic E-state index is 0.622. The van der Waals surface area contributed by atoms with Crippen LogP contribution in [0.5, 0.6) is 0 Å². The second-order valence-corrected chi connectivity index (χ2v) is 5.56. The summed E-state index contributed by atoms with van der Waals surface area (Å²) in [7, 11) is 0. The molecule has 3 rings (SSSR count). The van der Waals surface area contributed by atoms with Crippen LogP contribution < -0.4 is 9.80 Å². The van der Waals surface area contributed by atoms with E-state index in [9.17, 15) is 0 Å². The van der Waals surface area contributed by atoms with Gasteiger partial charge >= 0.3 is 0 Å². The molecule has 2 aliphatic rings. The molecule has 2 saturated heterocycles. The summed E-state index contributed by atoms with van der Waals surface area (Å²) in [6, 6.07) is 0.622. The maximum atomic E-state index is 4.75. The van der Waals surface area contributed by atoms with Gasteiger partial charge in [-0.3, -0.25) is 0 Å². The highest BCUT2D eigenvalue weighted by Gasteiger charge is 2.24. The van der Waals surface area contributed by atoms with Gasteiger partial charge in [-0.05, 0) is 38.5 Å². The number of rotatable bonds is 3. The monoisotopic (exact) mass is 261 g/mol. The van der Waals surface area contributed by atoms with Gasteiger partial charge in [-0.2, -0.15) is 10.1 Å². The van der Waals surface area contributed by atoms with Gasteiger partial charge in [0.1, 0.15) is 0 Å². The Labute approximate surface area is 115 Å². The zero-order valence-corrected chi connectivity index (χ0v) is 11.8. The van der Waals surface area contributed by atoms with Crippen molar-refractivity contribution in [1.29, 1.82) is 0 Å². The Balaban J connectivity index is 1.81. The average molecular weight is 261 g/mol. The van der Waals surface area contributed by atoms with Crippen molar-refractivity contribution in [3.63, 3.8) is 0 Å². The van der Waals surface area contributed by atoms with Crippen molar-refractivity contribution in [2.75, 3.05) is 29.4 Å². The molecule has 19 heavy (non-hydrogen) atoms. The van der Waals surface area contributed by atoms with Gasteiger partial charge in [0.2, 0.25) is 5.95 Å². The van der Waals surface area contributed by atoms with Gasteiger partial charge in [0.25, 0.3) is 0 Å². The van der Waals surface area contributed by atoms with Crippen LogP contribution in [0.25, 0.3) is 0 Å². The highest BCUT2D eigenvalue weighted by molar-refractivity contribution is 5.43. The fourth-order valence-corrected chi connectivity index (χ4v) is 3.20. The third-order valence-corrected chi connectivity index (χ3v) is 4.32. The number of aromatic nitrogens is 3. The molecule has 0 spiro atoms. The van der Waals surface area contributed by atoms with E-state index in [1.54, 1.807) is 0 Å². The first-order valence-electron chi connectivity index (χ1n) is 7.60. The fourth-order valence-electron chi connectivity index (χ4n) is 3.20. The zero-order valence-electron chi connectivity index (χ0n) is 11.8. The number of hydrogen-bond donors (Lipinski definition) is 0. The normalized spacial score (nSPS) is 23.9. The first-order valence-corrected chi connectivity index (χ1v) is 7.60. The Kier molecular flexibility index (Phi) is 3.80. The van der Waals surface area contributed by atoms with Gasteiger partial charge in [-0.25, -0.2) is 0 Å². The molecule has 0 amide bonds. The Hall–Kier alpha value is -1.39. The molecule has 5 heteroatoms. The molecular weight excluding hydrogens is 238 g/mol. The first kappa shape index (κ1) is 12.6. The van der Waals surface area contributed by atoms with Crippen LogP contribution in [0.2, 0.25) is 0 Å². The second-order valence-electron chi connectivity index (χ2n) is 5.56. The third-order valence-electron chi connectivity index (χ3n) is 4.32. The molecule has 0 aromatic carbocycles. The van der Waals surface area contributed by atoms with Crippen LogP contribution in [-0.4, -0.2) is 40.9 Å². The van der Waals surface area contributed by atoms with Crippen molar-refractivity contribution in [3.05, 3.63) is 6.20 Å². The van der Waals surface area contributed by atoms with E-state index in [4.69, 9.17) is 4.98 Å². The Morgan fingerprint density at radius 3 is 2.74 bits per heavy atom. The first-order chi connectivity index (χ1) is 9.38. The van der Waals surface area contributed by atoms with E-state index in [1.165, 1.54) is 38.5 Å². The Morgan fingerprint density at radius 2 is 1.95 bits per heavy atom. The Bertz CT molecular complexity index is 416. The van der Waals surface area contributed by atoms with Crippen LogP contribution in [0.3, 0.4) is 0 Å². The number of anilines is 2. The second kappa shape index (κ2) is 5.72. The van der Waals surface area contributed by atoms with Gasteiger partial charge < -0.3 is 9.80 Å². The maximum Gasteiger partial charge on any atom is 0.247 e. The predicted molar refractivity (Wildman–Crippen MR) is 76.6 cm³/mol. The summed E-state index contributed by atoms with van der Waals surface area (Å²) < 4.78 is 0. The smallest absolute Gasteiger partial charge is 0.247 e. The number of nitrogens with zero attached hydrogens (tertiary/aromatic N) is 5. The number of hydrogen-bond acceptors (Lipinski definition) is 5. The minimum atomic E-state index is 0.622. The molecule has 0 radical (unpaired) electrons. The van der Waals surface area contributed by atoms with Gasteiger partial charge in [0, 0.05) is 25.7 Å². The molecule has 1 aromatic heterocycles. The average Bonchev–Trinajstić information content (AvgIpc) is 3.01. The van der Waals surface area contributed by atoms with Crippen molar-refractivity contribution in [2.24, 2.45) is 0 Å². The van der Waals surface area contributed by atoms with Crippen molar-refractivity contribution < 1.29 is 0 Å². The summed E-state index contributed by atoms with van der Waals surface area (Å²) in [5.74, 6) is 1.83. The molecule has 1 atom stereocenters. The lowest BCUT2D eigenvalue weighted by Crippen LogP contribution is -2.40. The molecule has 1 aromatic rings. The third kappa shape index (κ3) is 2.65. The van der Waals surface area contributed by atoms with Gasteiger partial charge in [0.15, 0.2) is 5.82 Å². The quantitative estimate of drug-likeness (QED) is 0.835. The summed E-state index contributed by atoms with van der Waals surface area (Å²) in [4.78, 5) is 9.43. The van der Waals surface area contributed by atoms with E-state index >= 15 is 0 Å². The van der Waals surface area contributed by atoms with Crippen molar-refractivity contribution in [3.8, 4) is 0 Å². The maximum absolute atomic E-state index is 4.75. The SMILES string of the molecule is CCC1CCCCN1c1cnnc(N2CCCC2)n1. The topological polar surface area (TPSA) is 45.2 Å². The van der Waals surface area contributed by atoms with Crippen LogP contribution >= 0.6 is 0 Å². The Morgan fingerprint density at radius 1 is 1.16 bits per heavy atom. The summed E-state index contributed by atoms with van der Waals surface area (Å²) in [5, 5.41) is 8.38.